The van der Waals surface area contributed by atoms with Gasteiger partial charge in [0.1, 0.15) is 6.20 Å². The molecular formula is C22H27N7O3. The molecule has 4 fully saturated rings. The van der Waals surface area contributed by atoms with Gasteiger partial charge in [-0.2, -0.15) is 10.2 Å². The molecule has 0 aromatic carbocycles. The number of nitrogens with zero attached hydrogens (tertiary/aromatic N) is 7. The summed E-state index contributed by atoms with van der Waals surface area (Å²) in [4.78, 5) is 11.5. The van der Waals surface area contributed by atoms with Crippen LogP contribution in [-0.4, -0.2) is 34.7 Å². The third-order valence-corrected chi connectivity index (χ3v) is 7.69. The minimum atomic E-state index is -0.390. The van der Waals surface area contributed by atoms with E-state index in [1.54, 1.807) is 6.20 Å². The molecule has 32 heavy (non-hydrogen) atoms. The highest BCUT2D eigenvalue weighted by Gasteiger charge is 2.53. The Labute approximate surface area is 185 Å². The monoisotopic (exact) mass is 437 g/mol. The first-order chi connectivity index (χ1) is 15.4. The first-order valence-electron chi connectivity index (χ1n) is 11.5. The second kappa shape index (κ2) is 6.98. The molecule has 0 saturated heterocycles. The maximum Gasteiger partial charge on any atom is 0.320 e. The molecule has 3 heterocycles. The Balaban J connectivity index is 1.28. The molecule has 0 unspecified atom stereocenters. The van der Waals surface area contributed by atoms with E-state index in [0.717, 1.165) is 48.4 Å². The summed E-state index contributed by atoms with van der Waals surface area (Å²) in [6, 6.07) is 2.01. The average Bonchev–Trinajstić information content (AvgIpc) is 3.43. The molecule has 168 valence electrons. The van der Waals surface area contributed by atoms with Crippen LogP contribution in [-0.2, 0) is 18.5 Å². The molecule has 7 rings (SSSR count). The van der Waals surface area contributed by atoms with Crippen LogP contribution in [0.1, 0.15) is 55.8 Å². The fraction of sp³-hybridized carbons (Fsp3) is 0.636. The molecule has 0 N–H and O–H groups in total. The Morgan fingerprint density at radius 3 is 2.41 bits per heavy atom. The van der Waals surface area contributed by atoms with E-state index in [0.29, 0.717) is 18.9 Å². The summed E-state index contributed by atoms with van der Waals surface area (Å²) >= 11 is 0. The summed E-state index contributed by atoms with van der Waals surface area (Å²) in [6.07, 6.45) is 9.20. The summed E-state index contributed by atoms with van der Waals surface area (Å²) in [5.74, 6) is 2.70. The largest absolute Gasteiger partial charge is 0.419 e. The smallest absolute Gasteiger partial charge is 0.320 e. The van der Waals surface area contributed by atoms with Gasteiger partial charge in [-0.3, -0.25) is 19.5 Å². The van der Waals surface area contributed by atoms with Gasteiger partial charge < -0.3 is 4.42 Å². The highest BCUT2D eigenvalue weighted by molar-refractivity contribution is 5.60. The summed E-state index contributed by atoms with van der Waals surface area (Å²) in [5, 5.41) is 29.2. The standard InChI is InChI=1S/C22H27N7O3/c1-13-5-14(2)27(25-13)4-3-19-23-24-21(32-19)20-18(29(30)31)12-28(26-20)22-9-15-6-16(10-22)8-17(7-15)11-22/h5,12,15-17H,3-4,6-11H2,1-2H3. The highest BCUT2D eigenvalue weighted by Crippen LogP contribution is 2.59. The van der Waals surface area contributed by atoms with Crippen LogP contribution in [0.15, 0.2) is 16.7 Å². The van der Waals surface area contributed by atoms with Gasteiger partial charge in [0.25, 0.3) is 5.89 Å². The average molecular weight is 438 g/mol. The van der Waals surface area contributed by atoms with Crippen molar-refractivity contribution in [1.82, 2.24) is 29.8 Å². The van der Waals surface area contributed by atoms with Crippen molar-refractivity contribution in [2.75, 3.05) is 0 Å². The van der Waals surface area contributed by atoms with Crippen LogP contribution in [0.3, 0.4) is 0 Å². The van der Waals surface area contributed by atoms with E-state index < -0.39 is 0 Å². The summed E-state index contributed by atoms with van der Waals surface area (Å²) in [6.45, 7) is 4.55. The Morgan fingerprint density at radius 2 is 1.81 bits per heavy atom. The number of aryl methyl sites for hydroxylation is 4. The van der Waals surface area contributed by atoms with Crippen molar-refractivity contribution in [1.29, 1.82) is 0 Å². The van der Waals surface area contributed by atoms with Crippen LogP contribution in [0.5, 0.6) is 0 Å². The van der Waals surface area contributed by atoms with Gasteiger partial charge in [0, 0.05) is 18.7 Å². The maximum absolute atomic E-state index is 11.8. The molecule has 4 aliphatic rings. The normalized spacial score (nSPS) is 28.5. The lowest BCUT2D eigenvalue weighted by Crippen LogP contribution is -2.52. The van der Waals surface area contributed by atoms with Crippen molar-refractivity contribution in [3.8, 4) is 11.6 Å². The quantitative estimate of drug-likeness (QED) is 0.425. The van der Waals surface area contributed by atoms with Gasteiger partial charge in [-0.15, -0.1) is 10.2 Å². The van der Waals surface area contributed by atoms with Crippen LogP contribution in [0.25, 0.3) is 11.6 Å². The van der Waals surface area contributed by atoms with Crippen molar-refractivity contribution < 1.29 is 9.34 Å². The molecule has 10 heteroatoms. The Hall–Kier alpha value is -3.04. The fourth-order valence-corrected chi connectivity index (χ4v) is 6.79. The summed E-state index contributed by atoms with van der Waals surface area (Å²) in [7, 11) is 0. The molecule has 10 nitrogen and oxygen atoms in total. The SMILES string of the molecule is Cc1cc(C)n(CCc2nnc(-c3nn(C45CC6CC(CC(C6)C4)C5)cc3[N+](=O)[O-])o2)n1. The predicted octanol–water partition coefficient (Wildman–Crippen LogP) is 3.82. The number of hydrogen-bond donors (Lipinski definition) is 0. The van der Waals surface area contributed by atoms with Crippen molar-refractivity contribution in [2.24, 2.45) is 17.8 Å². The number of nitro groups is 1. The van der Waals surface area contributed by atoms with Crippen LogP contribution < -0.4 is 0 Å². The third kappa shape index (κ3) is 3.15. The number of aromatic nitrogens is 6. The molecule has 4 saturated carbocycles. The zero-order valence-electron chi connectivity index (χ0n) is 18.4. The molecule has 4 bridgehead atoms. The zero-order valence-corrected chi connectivity index (χ0v) is 18.4. The third-order valence-electron chi connectivity index (χ3n) is 7.69. The summed E-state index contributed by atoms with van der Waals surface area (Å²) < 4.78 is 9.59. The van der Waals surface area contributed by atoms with Gasteiger partial charge in [-0.05, 0) is 76.2 Å². The lowest BCUT2D eigenvalue weighted by atomic mass is 9.53. The molecule has 0 radical (unpaired) electrons. The van der Waals surface area contributed by atoms with E-state index in [1.807, 2.05) is 29.3 Å². The van der Waals surface area contributed by atoms with E-state index in [4.69, 9.17) is 9.52 Å². The van der Waals surface area contributed by atoms with E-state index in [2.05, 4.69) is 15.3 Å². The number of rotatable bonds is 6. The molecular weight excluding hydrogens is 410 g/mol. The van der Waals surface area contributed by atoms with Crippen LogP contribution in [0, 0.1) is 41.7 Å². The minimum Gasteiger partial charge on any atom is -0.419 e. The van der Waals surface area contributed by atoms with Crippen molar-refractivity contribution in [3.63, 3.8) is 0 Å². The van der Waals surface area contributed by atoms with Gasteiger partial charge in [-0.1, -0.05) is 0 Å². The van der Waals surface area contributed by atoms with Crippen LogP contribution in [0.4, 0.5) is 5.69 Å². The molecule has 0 amide bonds. The van der Waals surface area contributed by atoms with E-state index >= 15 is 0 Å². The van der Waals surface area contributed by atoms with E-state index in [-0.39, 0.29) is 27.7 Å². The van der Waals surface area contributed by atoms with E-state index in [1.165, 1.54) is 19.3 Å². The lowest BCUT2D eigenvalue weighted by molar-refractivity contribution is -0.384. The first-order valence-corrected chi connectivity index (χ1v) is 11.5. The van der Waals surface area contributed by atoms with Gasteiger partial charge in [0.2, 0.25) is 11.6 Å². The van der Waals surface area contributed by atoms with Crippen molar-refractivity contribution in [2.45, 2.75) is 70.9 Å². The predicted molar refractivity (Wildman–Crippen MR) is 114 cm³/mol. The Kier molecular flexibility index (Phi) is 4.28. The van der Waals surface area contributed by atoms with Gasteiger partial charge in [-0.25, -0.2) is 0 Å². The van der Waals surface area contributed by atoms with Crippen molar-refractivity contribution in [3.05, 3.63) is 39.7 Å². The van der Waals surface area contributed by atoms with Crippen LogP contribution >= 0.6 is 0 Å². The molecule has 0 atom stereocenters. The van der Waals surface area contributed by atoms with Gasteiger partial charge in [0.05, 0.1) is 16.2 Å². The fourth-order valence-electron chi connectivity index (χ4n) is 6.79. The van der Waals surface area contributed by atoms with Gasteiger partial charge in [0.15, 0.2) is 0 Å². The topological polar surface area (TPSA) is 118 Å². The Morgan fingerprint density at radius 1 is 1.12 bits per heavy atom. The van der Waals surface area contributed by atoms with Crippen molar-refractivity contribution >= 4 is 5.69 Å². The minimum absolute atomic E-state index is 0.0607. The summed E-state index contributed by atoms with van der Waals surface area (Å²) in [5.41, 5.74) is 2.03. The molecule has 3 aromatic heterocycles. The maximum atomic E-state index is 11.8. The lowest BCUT2D eigenvalue weighted by Gasteiger charge is -2.56. The number of hydrogen-bond acceptors (Lipinski definition) is 7. The Bertz CT molecular complexity index is 1150. The molecule has 0 aliphatic heterocycles. The second-order valence-electron chi connectivity index (χ2n) is 10.1. The molecule has 4 aliphatic carbocycles. The zero-order chi connectivity index (χ0) is 22.0. The first kappa shape index (κ1) is 19.6. The van der Waals surface area contributed by atoms with Gasteiger partial charge >= 0.3 is 5.69 Å². The second-order valence-corrected chi connectivity index (χ2v) is 10.1. The molecule has 0 spiro atoms. The highest BCUT2D eigenvalue weighted by atomic mass is 16.6. The van der Waals surface area contributed by atoms with Crippen LogP contribution in [0.2, 0.25) is 0 Å². The van der Waals surface area contributed by atoms with E-state index in [9.17, 15) is 10.1 Å². The molecule has 3 aromatic rings.